The number of benzene rings is 2. The standard InChI is InChI=1S/C26H32O2/c1-3-5-7-9-13-19-17-18-23-24(20(19)14-10-8-6-4-2)26(28)22-16-12-11-15-21(22)25(23)27/h11-12,15-18H,3-10,13-14H2,1-2H3. The van der Waals surface area contributed by atoms with Crippen molar-refractivity contribution < 1.29 is 9.59 Å². The first kappa shape index (κ1) is 20.5. The number of unbranched alkanes of at least 4 members (excludes halogenated alkanes) is 6. The van der Waals surface area contributed by atoms with Crippen molar-refractivity contribution in [3.63, 3.8) is 0 Å². The van der Waals surface area contributed by atoms with Crippen molar-refractivity contribution in [1.82, 2.24) is 0 Å². The van der Waals surface area contributed by atoms with Crippen molar-refractivity contribution in [2.45, 2.75) is 78.1 Å². The molecule has 2 nitrogen and oxygen atoms in total. The summed E-state index contributed by atoms with van der Waals surface area (Å²) < 4.78 is 0. The highest BCUT2D eigenvalue weighted by molar-refractivity contribution is 6.29. The predicted molar refractivity (Wildman–Crippen MR) is 115 cm³/mol. The smallest absolute Gasteiger partial charge is 0.194 e. The van der Waals surface area contributed by atoms with Crippen LogP contribution in [0.25, 0.3) is 0 Å². The number of fused-ring (bicyclic) bond motifs is 2. The average molecular weight is 377 g/mol. The monoisotopic (exact) mass is 376 g/mol. The van der Waals surface area contributed by atoms with Crippen LogP contribution in [0.5, 0.6) is 0 Å². The fraction of sp³-hybridized carbons (Fsp3) is 0.462. The molecule has 0 atom stereocenters. The van der Waals surface area contributed by atoms with Crippen LogP contribution in [0.1, 0.15) is 108 Å². The molecule has 28 heavy (non-hydrogen) atoms. The highest BCUT2D eigenvalue weighted by atomic mass is 16.1. The first-order valence-electron chi connectivity index (χ1n) is 11.0. The Hall–Kier alpha value is -2.22. The lowest BCUT2D eigenvalue weighted by molar-refractivity contribution is 0.0978. The molecule has 1 aliphatic carbocycles. The van der Waals surface area contributed by atoms with Gasteiger partial charge in [-0.05, 0) is 42.9 Å². The van der Waals surface area contributed by atoms with Gasteiger partial charge in [-0.15, -0.1) is 0 Å². The lowest BCUT2D eigenvalue weighted by Gasteiger charge is -2.23. The van der Waals surface area contributed by atoms with E-state index in [1.54, 1.807) is 12.1 Å². The SMILES string of the molecule is CCCCCCc1ccc2c(c1CCCCCC)C(=O)c1ccccc1C2=O. The van der Waals surface area contributed by atoms with Gasteiger partial charge in [0.15, 0.2) is 11.6 Å². The van der Waals surface area contributed by atoms with Gasteiger partial charge in [-0.2, -0.15) is 0 Å². The van der Waals surface area contributed by atoms with Crippen LogP contribution in [0.2, 0.25) is 0 Å². The summed E-state index contributed by atoms with van der Waals surface area (Å²) in [5, 5.41) is 0. The van der Waals surface area contributed by atoms with Crippen LogP contribution in [0.4, 0.5) is 0 Å². The lowest BCUT2D eigenvalue weighted by atomic mass is 9.78. The van der Waals surface area contributed by atoms with Crippen molar-refractivity contribution in [3.05, 3.63) is 69.8 Å². The average Bonchev–Trinajstić information content (AvgIpc) is 2.72. The largest absolute Gasteiger partial charge is 0.289 e. The molecule has 0 fully saturated rings. The van der Waals surface area contributed by atoms with Gasteiger partial charge in [0.1, 0.15) is 0 Å². The van der Waals surface area contributed by atoms with Gasteiger partial charge in [0.05, 0.1) is 0 Å². The molecule has 0 aliphatic heterocycles. The van der Waals surface area contributed by atoms with Gasteiger partial charge in [-0.25, -0.2) is 0 Å². The van der Waals surface area contributed by atoms with E-state index in [4.69, 9.17) is 0 Å². The summed E-state index contributed by atoms with van der Waals surface area (Å²) in [6, 6.07) is 11.3. The highest BCUT2D eigenvalue weighted by Crippen LogP contribution is 2.32. The molecule has 2 aromatic carbocycles. The fourth-order valence-corrected chi connectivity index (χ4v) is 4.29. The molecule has 0 bridgehead atoms. The molecule has 0 amide bonds. The minimum atomic E-state index is -0.00228. The third-order valence-electron chi connectivity index (χ3n) is 5.88. The van der Waals surface area contributed by atoms with Crippen LogP contribution in [0.15, 0.2) is 36.4 Å². The first-order chi connectivity index (χ1) is 13.7. The van der Waals surface area contributed by atoms with Crippen LogP contribution in [-0.2, 0) is 12.8 Å². The summed E-state index contributed by atoms with van der Waals surface area (Å²) in [6.07, 6.45) is 11.4. The van der Waals surface area contributed by atoms with Gasteiger partial charge in [-0.1, -0.05) is 82.7 Å². The Bertz CT molecular complexity index is 848. The number of carbonyl (C=O) groups is 2. The Morgan fingerprint density at radius 2 is 1.21 bits per heavy atom. The molecule has 3 rings (SSSR count). The summed E-state index contributed by atoms with van der Waals surface area (Å²) in [5.41, 5.74) is 4.81. The van der Waals surface area contributed by atoms with Crippen molar-refractivity contribution in [3.8, 4) is 0 Å². The van der Waals surface area contributed by atoms with E-state index in [1.165, 1.54) is 44.1 Å². The van der Waals surface area contributed by atoms with E-state index in [0.717, 1.165) is 31.2 Å². The third kappa shape index (κ3) is 4.27. The number of ketones is 2. The molecule has 0 heterocycles. The molecule has 0 saturated carbocycles. The van der Waals surface area contributed by atoms with E-state index >= 15 is 0 Å². The molecule has 1 aliphatic rings. The molecular formula is C26H32O2. The van der Waals surface area contributed by atoms with Gasteiger partial charge >= 0.3 is 0 Å². The van der Waals surface area contributed by atoms with Crippen molar-refractivity contribution in [2.24, 2.45) is 0 Å². The Labute approximate surface area is 169 Å². The lowest BCUT2D eigenvalue weighted by Crippen LogP contribution is -2.23. The molecule has 0 saturated heterocycles. The van der Waals surface area contributed by atoms with Crippen LogP contribution in [0, 0.1) is 0 Å². The maximum atomic E-state index is 13.3. The molecule has 148 valence electrons. The maximum Gasteiger partial charge on any atom is 0.194 e. The molecule has 2 aromatic rings. The minimum absolute atomic E-state index is 0.00228. The third-order valence-corrected chi connectivity index (χ3v) is 5.88. The van der Waals surface area contributed by atoms with Crippen LogP contribution >= 0.6 is 0 Å². The zero-order valence-electron chi connectivity index (χ0n) is 17.4. The Morgan fingerprint density at radius 3 is 1.86 bits per heavy atom. The second kappa shape index (κ2) is 9.82. The normalized spacial score (nSPS) is 12.8. The topological polar surface area (TPSA) is 34.1 Å². The van der Waals surface area contributed by atoms with Gasteiger partial charge in [0.2, 0.25) is 0 Å². The summed E-state index contributed by atoms with van der Waals surface area (Å²) in [5.74, 6) is 0.0311. The fourth-order valence-electron chi connectivity index (χ4n) is 4.29. The summed E-state index contributed by atoms with van der Waals surface area (Å²) >= 11 is 0. The van der Waals surface area contributed by atoms with Gasteiger partial charge in [0, 0.05) is 22.3 Å². The van der Waals surface area contributed by atoms with E-state index < -0.39 is 0 Å². The Morgan fingerprint density at radius 1 is 0.607 bits per heavy atom. The zero-order chi connectivity index (χ0) is 19.9. The molecule has 0 spiro atoms. The maximum absolute atomic E-state index is 13.3. The Balaban J connectivity index is 1.97. The van der Waals surface area contributed by atoms with Crippen molar-refractivity contribution >= 4 is 11.6 Å². The predicted octanol–water partition coefficient (Wildman–Crippen LogP) is 6.71. The number of carbonyl (C=O) groups excluding carboxylic acids is 2. The van der Waals surface area contributed by atoms with Crippen molar-refractivity contribution in [1.29, 1.82) is 0 Å². The van der Waals surface area contributed by atoms with E-state index in [-0.39, 0.29) is 11.6 Å². The summed E-state index contributed by atoms with van der Waals surface area (Å²) in [4.78, 5) is 26.4. The number of rotatable bonds is 10. The van der Waals surface area contributed by atoms with E-state index in [1.807, 2.05) is 18.2 Å². The van der Waals surface area contributed by atoms with Gasteiger partial charge < -0.3 is 0 Å². The van der Waals surface area contributed by atoms with E-state index in [2.05, 4.69) is 19.9 Å². The molecular weight excluding hydrogens is 344 g/mol. The number of hydrogen-bond acceptors (Lipinski definition) is 2. The molecule has 0 unspecified atom stereocenters. The quantitative estimate of drug-likeness (QED) is 0.369. The molecule has 2 heteroatoms. The summed E-state index contributed by atoms with van der Waals surface area (Å²) in [6.45, 7) is 4.43. The second-order valence-corrected chi connectivity index (χ2v) is 7.95. The molecule has 0 N–H and O–H groups in total. The molecule has 0 radical (unpaired) electrons. The van der Waals surface area contributed by atoms with E-state index in [0.29, 0.717) is 22.3 Å². The number of aryl methyl sites for hydroxylation is 1. The van der Waals surface area contributed by atoms with Gasteiger partial charge in [-0.3, -0.25) is 9.59 Å². The Kier molecular flexibility index (Phi) is 7.19. The molecule has 0 aromatic heterocycles. The highest BCUT2D eigenvalue weighted by Gasteiger charge is 2.32. The first-order valence-corrected chi connectivity index (χ1v) is 11.0. The van der Waals surface area contributed by atoms with Gasteiger partial charge in [0.25, 0.3) is 0 Å². The van der Waals surface area contributed by atoms with Crippen molar-refractivity contribution in [2.75, 3.05) is 0 Å². The number of hydrogen-bond donors (Lipinski definition) is 0. The second-order valence-electron chi connectivity index (χ2n) is 7.95. The van der Waals surface area contributed by atoms with Crippen LogP contribution < -0.4 is 0 Å². The van der Waals surface area contributed by atoms with Crippen LogP contribution in [-0.4, -0.2) is 11.6 Å². The zero-order valence-corrected chi connectivity index (χ0v) is 17.4. The van der Waals surface area contributed by atoms with E-state index in [9.17, 15) is 9.59 Å². The summed E-state index contributed by atoms with van der Waals surface area (Å²) in [7, 11) is 0. The minimum Gasteiger partial charge on any atom is -0.289 e. The van der Waals surface area contributed by atoms with Crippen LogP contribution in [0.3, 0.4) is 0 Å².